The van der Waals surface area contributed by atoms with E-state index in [1.54, 1.807) is 0 Å². The Bertz CT molecular complexity index is 429. The summed E-state index contributed by atoms with van der Waals surface area (Å²) in [6.45, 7) is 3.50. The second-order valence-corrected chi connectivity index (χ2v) is 3.44. The summed E-state index contributed by atoms with van der Waals surface area (Å²) >= 11 is 0. The lowest BCUT2D eigenvalue weighted by molar-refractivity contribution is -0.162. The van der Waals surface area contributed by atoms with E-state index in [4.69, 9.17) is 4.74 Å². The largest absolute Gasteiger partial charge is 0.457 e. The number of ether oxygens (including phenoxy) is 2. The lowest BCUT2D eigenvalue weighted by Gasteiger charge is -2.05. The smallest absolute Gasteiger partial charge is 0.422 e. The summed E-state index contributed by atoms with van der Waals surface area (Å²) in [7, 11) is 0. The third kappa shape index (κ3) is 3.86. The van der Waals surface area contributed by atoms with Gasteiger partial charge in [-0.1, -0.05) is 6.92 Å². The summed E-state index contributed by atoms with van der Waals surface area (Å²) in [5.74, 6) is -2.45. The summed E-state index contributed by atoms with van der Waals surface area (Å²) in [5.41, 5.74) is 0.331. The highest BCUT2D eigenvalue weighted by Gasteiger charge is 2.18. The molecule has 0 radical (unpaired) electrons. The first-order valence-electron chi connectivity index (χ1n) is 5.19. The van der Waals surface area contributed by atoms with Crippen LogP contribution in [-0.4, -0.2) is 18.5 Å². The Hall–Kier alpha value is -1.91. The second-order valence-electron chi connectivity index (χ2n) is 3.44. The highest BCUT2D eigenvalue weighted by molar-refractivity contribution is 6.30. The van der Waals surface area contributed by atoms with Gasteiger partial charge in [0, 0.05) is 0 Å². The molecule has 92 valence electrons. The molecule has 0 bridgehead atoms. The van der Waals surface area contributed by atoms with Gasteiger partial charge in [0.15, 0.2) is 0 Å². The number of hydrogen-bond donors (Lipinski definition) is 0. The molecule has 0 aliphatic carbocycles. The van der Waals surface area contributed by atoms with E-state index in [0.29, 0.717) is 12.0 Å². The van der Waals surface area contributed by atoms with Gasteiger partial charge >= 0.3 is 11.9 Å². The summed E-state index contributed by atoms with van der Waals surface area (Å²) < 4.78 is 22.2. The van der Waals surface area contributed by atoms with E-state index in [9.17, 15) is 14.0 Å². The molecule has 0 fully saturated rings. The molecule has 1 aromatic rings. The van der Waals surface area contributed by atoms with Crippen LogP contribution in [0.15, 0.2) is 18.2 Å². The van der Waals surface area contributed by atoms with E-state index in [1.807, 2.05) is 6.92 Å². The molecule has 1 aromatic carbocycles. The van der Waals surface area contributed by atoms with E-state index < -0.39 is 17.8 Å². The Morgan fingerprint density at radius 3 is 2.59 bits per heavy atom. The fraction of sp³-hybridized carbons (Fsp3) is 0.333. The average Bonchev–Trinajstić information content (AvgIpc) is 2.30. The lowest BCUT2D eigenvalue weighted by atomic mass is 10.2. The number of aryl methyl sites for hydroxylation is 1. The van der Waals surface area contributed by atoms with Gasteiger partial charge in [-0.2, -0.15) is 0 Å². The Morgan fingerprint density at radius 2 is 2.00 bits per heavy atom. The average molecular weight is 240 g/mol. The van der Waals surface area contributed by atoms with Crippen LogP contribution in [0.4, 0.5) is 4.39 Å². The molecule has 0 amide bonds. The van der Waals surface area contributed by atoms with Crippen molar-refractivity contribution >= 4 is 11.9 Å². The summed E-state index contributed by atoms with van der Waals surface area (Å²) in [4.78, 5) is 22.3. The molecular weight excluding hydrogens is 227 g/mol. The van der Waals surface area contributed by atoms with Gasteiger partial charge in [-0.3, -0.25) is 0 Å². The monoisotopic (exact) mass is 240 g/mol. The Labute approximate surface area is 98.3 Å². The Kier molecular flexibility index (Phi) is 4.63. The van der Waals surface area contributed by atoms with Crippen molar-refractivity contribution in [2.24, 2.45) is 0 Å². The maximum Gasteiger partial charge on any atom is 0.422 e. The first-order chi connectivity index (χ1) is 8.04. The number of carbonyl (C=O) groups is 2. The summed E-state index contributed by atoms with van der Waals surface area (Å²) in [5, 5.41) is 0. The van der Waals surface area contributed by atoms with Crippen molar-refractivity contribution in [2.75, 3.05) is 6.61 Å². The van der Waals surface area contributed by atoms with Gasteiger partial charge in [0.2, 0.25) is 0 Å². The van der Waals surface area contributed by atoms with E-state index >= 15 is 0 Å². The molecule has 0 aromatic heterocycles. The van der Waals surface area contributed by atoms with Crippen molar-refractivity contribution in [3.8, 4) is 5.75 Å². The Balaban J connectivity index is 2.61. The van der Waals surface area contributed by atoms with Gasteiger partial charge in [-0.05, 0) is 37.1 Å². The van der Waals surface area contributed by atoms with Crippen LogP contribution in [0.25, 0.3) is 0 Å². The molecule has 0 aliphatic rings. The third-order valence-corrected chi connectivity index (χ3v) is 1.94. The van der Waals surface area contributed by atoms with Gasteiger partial charge in [0.1, 0.15) is 11.6 Å². The zero-order valence-electron chi connectivity index (χ0n) is 9.66. The minimum absolute atomic E-state index is 0.113. The fourth-order valence-corrected chi connectivity index (χ4v) is 1.08. The predicted molar refractivity (Wildman–Crippen MR) is 58.0 cm³/mol. The zero-order chi connectivity index (χ0) is 12.8. The molecule has 0 spiro atoms. The zero-order valence-corrected chi connectivity index (χ0v) is 9.66. The maximum atomic E-state index is 12.9. The van der Waals surface area contributed by atoms with Crippen LogP contribution in [-0.2, 0) is 14.3 Å². The van der Waals surface area contributed by atoms with Crippen molar-refractivity contribution in [3.63, 3.8) is 0 Å². The number of carbonyl (C=O) groups excluding carboxylic acids is 2. The van der Waals surface area contributed by atoms with Gasteiger partial charge in [-0.15, -0.1) is 0 Å². The van der Waals surface area contributed by atoms with Crippen molar-refractivity contribution in [1.82, 2.24) is 0 Å². The van der Waals surface area contributed by atoms with E-state index in [1.165, 1.54) is 19.1 Å². The van der Waals surface area contributed by atoms with Crippen LogP contribution in [0.5, 0.6) is 5.75 Å². The number of rotatable bonds is 3. The predicted octanol–water partition coefficient (Wildman–Crippen LogP) is 1.99. The number of halogens is 1. The van der Waals surface area contributed by atoms with Crippen LogP contribution in [0.2, 0.25) is 0 Å². The number of benzene rings is 1. The first-order valence-corrected chi connectivity index (χ1v) is 5.19. The van der Waals surface area contributed by atoms with E-state index in [-0.39, 0.29) is 12.4 Å². The normalized spacial score (nSPS) is 9.82. The van der Waals surface area contributed by atoms with Gasteiger partial charge < -0.3 is 9.47 Å². The molecule has 0 aliphatic heterocycles. The molecule has 1 rings (SSSR count). The molecule has 0 saturated heterocycles. The van der Waals surface area contributed by atoms with Crippen LogP contribution >= 0.6 is 0 Å². The number of esters is 2. The highest BCUT2D eigenvalue weighted by Crippen LogP contribution is 2.16. The van der Waals surface area contributed by atoms with Crippen LogP contribution < -0.4 is 4.74 Å². The van der Waals surface area contributed by atoms with Crippen molar-refractivity contribution in [3.05, 3.63) is 29.6 Å². The van der Waals surface area contributed by atoms with Gasteiger partial charge in [-0.25, -0.2) is 14.0 Å². The molecule has 4 nitrogen and oxygen atoms in total. The molecule has 0 saturated carbocycles. The second kappa shape index (κ2) is 5.98. The van der Waals surface area contributed by atoms with Gasteiger partial charge in [0.25, 0.3) is 0 Å². The van der Waals surface area contributed by atoms with Crippen molar-refractivity contribution in [1.29, 1.82) is 0 Å². The minimum atomic E-state index is -1.11. The highest BCUT2D eigenvalue weighted by atomic mass is 19.1. The molecule has 5 heteroatoms. The SMILES string of the molecule is CCCOC(=O)C(=O)Oc1ccc(F)c(C)c1. The quantitative estimate of drug-likeness (QED) is 0.460. The van der Waals surface area contributed by atoms with Crippen molar-refractivity contribution < 1.29 is 23.5 Å². The van der Waals surface area contributed by atoms with E-state index in [0.717, 1.165) is 6.07 Å². The summed E-state index contributed by atoms with van der Waals surface area (Å²) in [6.07, 6.45) is 0.620. The molecule has 0 N–H and O–H groups in total. The molecule has 17 heavy (non-hydrogen) atoms. The molecular formula is C12H13FO4. The van der Waals surface area contributed by atoms with Crippen LogP contribution in [0, 0.1) is 12.7 Å². The van der Waals surface area contributed by atoms with E-state index in [2.05, 4.69) is 4.74 Å². The topological polar surface area (TPSA) is 52.6 Å². The first kappa shape index (κ1) is 13.2. The molecule has 0 atom stereocenters. The van der Waals surface area contributed by atoms with Crippen LogP contribution in [0.1, 0.15) is 18.9 Å². The fourth-order valence-electron chi connectivity index (χ4n) is 1.08. The van der Waals surface area contributed by atoms with Gasteiger partial charge in [0.05, 0.1) is 6.61 Å². The number of hydrogen-bond acceptors (Lipinski definition) is 4. The third-order valence-electron chi connectivity index (χ3n) is 1.94. The van der Waals surface area contributed by atoms with Crippen molar-refractivity contribution in [2.45, 2.75) is 20.3 Å². The standard InChI is InChI=1S/C12H13FO4/c1-3-6-16-11(14)12(15)17-9-4-5-10(13)8(2)7-9/h4-5,7H,3,6H2,1-2H3. The summed E-state index contributed by atoms with van der Waals surface area (Å²) in [6, 6.07) is 3.77. The maximum absolute atomic E-state index is 12.9. The van der Waals surface area contributed by atoms with Crippen LogP contribution in [0.3, 0.4) is 0 Å². The molecule has 0 unspecified atom stereocenters. The lowest BCUT2D eigenvalue weighted by Crippen LogP contribution is -2.23. The Morgan fingerprint density at radius 1 is 1.29 bits per heavy atom. The molecule has 0 heterocycles. The minimum Gasteiger partial charge on any atom is -0.457 e.